The van der Waals surface area contributed by atoms with E-state index >= 15 is 0 Å². The second kappa shape index (κ2) is 3.21. The zero-order valence-corrected chi connectivity index (χ0v) is 10.2. The van der Waals surface area contributed by atoms with Crippen LogP contribution in [0.25, 0.3) is 0 Å². The first kappa shape index (κ1) is 10.9. The fourth-order valence-corrected chi connectivity index (χ4v) is 2.27. The van der Waals surface area contributed by atoms with Gasteiger partial charge in [-0.05, 0) is 23.0 Å². The van der Waals surface area contributed by atoms with Crippen LogP contribution in [-0.4, -0.2) is 11.0 Å². The maximum absolute atomic E-state index is 8.66. The average molecular weight is 215 g/mol. The highest BCUT2D eigenvalue weighted by atomic mass is 15.1. The summed E-state index contributed by atoms with van der Waals surface area (Å²) >= 11 is 0. The minimum Gasteiger partial charge on any atom is -0.380 e. The number of hydrogen-bond donors (Lipinski definition) is 1. The zero-order valence-electron chi connectivity index (χ0n) is 10.2. The Morgan fingerprint density at radius 3 is 2.25 bits per heavy atom. The van der Waals surface area contributed by atoms with Crippen molar-refractivity contribution in [1.82, 2.24) is 4.98 Å². The molecule has 16 heavy (non-hydrogen) atoms. The summed E-state index contributed by atoms with van der Waals surface area (Å²) in [6, 6.07) is 6.14. The van der Waals surface area contributed by atoms with Crippen molar-refractivity contribution in [3.63, 3.8) is 0 Å². The van der Waals surface area contributed by atoms with Gasteiger partial charge in [-0.15, -0.1) is 0 Å². The summed E-state index contributed by atoms with van der Waals surface area (Å²) in [5.74, 6) is 0. The first-order chi connectivity index (χ1) is 7.39. The molecule has 1 fully saturated rings. The topological polar surface area (TPSA) is 48.7 Å². The van der Waals surface area contributed by atoms with Crippen molar-refractivity contribution in [2.45, 2.75) is 33.7 Å². The molecule has 0 atom stereocenters. The molecule has 0 saturated heterocycles. The van der Waals surface area contributed by atoms with E-state index in [-0.39, 0.29) is 0 Å². The summed E-state index contributed by atoms with van der Waals surface area (Å²) < 4.78 is 0. The maximum Gasteiger partial charge on any atom is 0.140 e. The number of nitrogens with zero attached hydrogens (tertiary/aromatic N) is 2. The summed E-state index contributed by atoms with van der Waals surface area (Å²) in [4.78, 5) is 4.05. The summed E-state index contributed by atoms with van der Waals surface area (Å²) in [6.07, 6.45) is 1.73. The molecule has 0 bridgehead atoms. The van der Waals surface area contributed by atoms with Gasteiger partial charge in [0.2, 0.25) is 0 Å². The Balaban J connectivity index is 2.10. The maximum atomic E-state index is 8.66. The molecule has 0 amide bonds. The first-order valence-corrected chi connectivity index (χ1v) is 5.52. The third kappa shape index (κ3) is 1.46. The van der Waals surface area contributed by atoms with Gasteiger partial charge in [-0.1, -0.05) is 27.7 Å². The standard InChI is InChI=1S/C13H17N3/c1-12(2)11(13(12,3)4)16-10-6-5-9(7-14)15-8-10/h5-6,8,11,16H,1-4H3. The van der Waals surface area contributed by atoms with E-state index < -0.39 is 0 Å². The van der Waals surface area contributed by atoms with Crippen molar-refractivity contribution in [2.24, 2.45) is 10.8 Å². The lowest BCUT2D eigenvalue weighted by Gasteiger charge is -2.07. The van der Waals surface area contributed by atoms with Crippen LogP contribution in [0.5, 0.6) is 0 Å². The highest BCUT2D eigenvalue weighted by Crippen LogP contribution is 2.63. The van der Waals surface area contributed by atoms with Gasteiger partial charge in [0.25, 0.3) is 0 Å². The van der Waals surface area contributed by atoms with Crippen LogP contribution >= 0.6 is 0 Å². The molecule has 1 aliphatic carbocycles. The Bertz CT molecular complexity index is 423. The molecule has 2 rings (SSSR count). The number of nitriles is 1. The molecule has 0 aromatic carbocycles. The lowest BCUT2D eigenvalue weighted by molar-refractivity contribution is 0.457. The Labute approximate surface area is 96.5 Å². The van der Waals surface area contributed by atoms with Crippen molar-refractivity contribution in [1.29, 1.82) is 5.26 Å². The quantitative estimate of drug-likeness (QED) is 0.825. The molecule has 3 nitrogen and oxygen atoms in total. The van der Waals surface area contributed by atoms with Crippen molar-refractivity contribution >= 4 is 5.69 Å². The third-order valence-electron chi connectivity index (χ3n) is 4.21. The Morgan fingerprint density at radius 1 is 1.25 bits per heavy atom. The predicted molar refractivity (Wildman–Crippen MR) is 63.9 cm³/mol. The number of nitrogens with one attached hydrogen (secondary N) is 1. The van der Waals surface area contributed by atoms with Gasteiger partial charge in [0, 0.05) is 6.04 Å². The second-order valence-electron chi connectivity index (χ2n) is 5.56. The molecule has 1 aliphatic rings. The highest BCUT2D eigenvalue weighted by Gasteiger charge is 2.64. The third-order valence-corrected chi connectivity index (χ3v) is 4.21. The number of rotatable bonds is 2. The van der Waals surface area contributed by atoms with E-state index in [1.54, 1.807) is 12.3 Å². The predicted octanol–water partition coefficient (Wildman–Crippen LogP) is 2.80. The van der Waals surface area contributed by atoms with Gasteiger partial charge in [0.05, 0.1) is 11.9 Å². The van der Waals surface area contributed by atoms with Gasteiger partial charge in [-0.3, -0.25) is 0 Å². The Kier molecular flexibility index (Phi) is 2.20. The van der Waals surface area contributed by atoms with Crippen LogP contribution in [0, 0.1) is 22.2 Å². The zero-order chi connectivity index (χ0) is 12.0. The molecule has 3 heteroatoms. The van der Waals surface area contributed by atoms with E-state index in [4.69, 9.17) is 5.26 Å². The second-order valence-corrected chi connectivity index (χ2v) is 5.56. The Morgan fingerprint density at radius 2 is 1.88 bits per heavy atom. The van der Waals surface area contributed by atoms with Gasteiger partial charge in [-0.25, -0.2) is 4.98 Å². The molecule has 0 aliphatic heterocycles. The van der Waals surface area contributed by atoms with Gasteiger partial charge in [-0.2, -0.15) is 5.26 Å². The smallest absolute Gasteiger partial charge is 0.140 e. The summed E-state index contributed by atoms with van der Waals surface area (Å²) in [5, 5.41) is 12.1. The van der Waals surface area contributed by atoms with Crippen LogP contribution < -0.4 is 5.32 Å². The lowest BCUT2D eigenvalue weighted by Crippen LogP contribution is -2.10. The molecule has 1 aromatic rings. The number of anilines is 1. The minimum absolute atomic E-state index is 0.306. The molecule has 0 spiro atoms. The molecule has 0 unspecified atom stereocenters. The SMILES string of the molecule is CC1(C)C(Nc2ccc(C#N)nc2)C1(C)C. The summed E-state index contributed by atoms with van der Waals surface area (Å²) in [5.41, 5.74) is 2.06. The molecule has 1 N–H and O–H groups in total. The fraction of sp³-hybridized carbons (Fsp3) is 0.538. The number of hydrogen-bond acceptors (Lipinski definition) is 3. The molecular weight excluding hydrogens is 198 g/mol. The van der Waals surface area contributed by atoms with Gasteiger partial charge < -0.3 is 5.32 Å². The van der Waals surface area contributed by atoms with Crippen LogP contribution in [0.2, 0.25) is 0 Å². The van der Waals surface area contributed by atoms with Crippen LogP contribution in [0.1, 0.15) is 33.4 Å². The lowest BCUT2D eigenvalue weighted by atomic mass is 10.0. The molecule has 1 aromatic heterocycles. The van der Waals surface area contributed by atoms with E-state index in [0.717, 1.165) is 5.69 Å². The van der Waals surface area contributed by atoms with Crippen molar-refractivity contribution in [3.05, 3.63) is 24.0 Å². The average Bonchev–Trinajstić information content (AvgIpc) is 2.62. The van der Waals surface area contributed by atoms with Crippen molar-refractivity contribution in [2.75, 3.05) is 5.32 Å². The molecule has 84 valence electrons. The molecule has 0 radical (unpaired) electrons. The first-order valence-electron chi connectivity index (χ1n) is 5.52. The van der Waals surface area contributed by atoms with E-state index in [9.17, 15) is 0 Å². The van der Waals surface area contributed by atoms with Gasteiger partial charge in [0.15, 0.2) is 0 Å². The molecular formula is C13H17N3. The summed E-state index contributed by atoms with van der Waals surface area (Å²) in [7, 11) is 0. The van der Waals surface area contributed by atoms with Crippen LogP contribution in [0.15, 0.2) is 18.3 Å². The monoisotopic (exact) mass is 215 g/mol. The van der Waals surface area contributed by atoms with Crippen LogP contribution in [0.4, 0.5) is 5.69 Å². The molecule has 1 heterocycles. The fourth-order valence-electron chi connectivity index (χ4n) is 2.27. The molecule has 1 saturated carbocycles. The minimum atomic E-state index is 0.306. The summed E-state index contributed by atoms with van der Waals surface area (Å²) in [6.45, 7) is 9.06. The van der Waals surface area contributed by atoms with E-state index in [0.29, 0.717) is 22.6 Å². The van der Waals surface area contributed by atoms with Crippen molar-refractivity contribution < 1.29 is 0 Å². The van der Waals surface area contributed by atoms with E-state index in [1.165, 1.54) is 0 Å². The van der Waals surface area contributed by atoms with Gasteiger partial charge >= 0.3 is 0 Å². The number of aromatic nitrogens is 1. The largest absolute Gasteiger partial charge is 0.380 e. The van der Waals surface area contributed by atoms with Gasteiger partial charge in [0.1, 0.15) is 11.8 Å². The van der Waals surface area contributed by atoms with Crippen LogP contribution in [0.3, 0.4) is 0 Å². The highest BCUT2D eigenvalue weighted by molar-refractivity contribution is 5.47. The number of pyridine rings is 1. The van der Waals surface area contributed by atoms with Crippen LogP contribution in [-0.2, 0) is 0 Å². The van der Waals surface area contributed by atoms with Crippen molar-refractivity contribution in [3.8, 4) is 6.07 Å². The Hall–Kier alpha value is -1.56. The normalized spacial score (nSPS) is 21.2. The van der Waals surface area contributed by atoms with E-state index in [1.807, 2.05) is 12.1 Å². The van der Waals surface area contributed by atoms with E-state index in [2.05, 4.69) is 38.0 Å².